The van der Waals surface area contributed by atoms with Crippen molar-refractivity contribution in [2.24, 2.45) is 5.10 Å². The van der Waals surface area contributed by atoms with Crippen LogP contribution in [0.1, 0.15) is 5.56 Å². The molecule has 2 rings (SSSR count). The van der Waals surface area contributed by atoms with Gasteiger partial charge in [0, 0.05) is 6.07 Å². The van der Waals surface area contributed by atoms with Gasteiger partial charge in [-0.25, -0.2) is 0 Å². The number of hydrogen-bond acceptors (Lipinski definition) is 7. The minimum absolute atomic E-state index is 0.188. The first-order valence-electron chi connectivity index (χ1n) is 6.37. The van der Waals surface area contributed by atoms with Crippen molar-refractivity contribution in [2.45, 2.75) is 0 Å². The number of nitrogens with zero attached hydrogens (tertiary/aromatic N) is 2. The van der Waals surface area contributed by atoms with Gasteiger partial charge in [0.15, 0.2) is 5.75 Å². The van der Waals surface area contributed by atoms with Gasteiger partial charge in [-0.1, -0.05) is 30.3 Å². The van der Waals surface area contributed by atoms with Gasteiger partial charge in [-0.3, -0.25) is 15.5 Å². The predicted molar refractivity (Wildman–Crippen MR) is 86.2 cm³/mol. The number of nitrogens with one attached hydrogen (secondary N) is 1. The lowest BCUT2D eigenvalue weighted by Crippen LogP contribution is -2.08. The van der Waals surface area contributed by atoms with Gasteiger partial charge in [0.2, 0.25) is 0 Å². The third-order valence-electron chi connectivity index (χ3n) is 2.62. The third kappa shape index (κ3) is 5.08. The molecule has 0 aliphatic carbocycles. The Hall–Kier alpha value is -2.94. The van der Waals surface area contributed by atoms with Gasteiger partial charge < -0.3 is 4.18 Å². The standard InChI is InChI=1S/C14H13N3O5S/c1-23(20,21)22-14-9-12(17(18)19)7-8-13(14)16-15-10-11-5-3-2-4-6-11/h2-10,16H,1H3/b15-10+. The van der Waals surface area contributed by atoms with Crippen molar-refractivity contribution in [1.29, 1.82) is 0 Å². The molecule has 0 unspecified atom stereocenters. The van der Waals surface area contributed by atoms with E-state index in [9.17, 15) is 18.5 Å². The van der Waals surface area contributed by atoms with E-state index >= 15 is 0 Å². The number of hydrogen-bond donors (Lipinski definition) is 1. The Labute approximate surface area is 132 Å². The number of benzene rings is 2. The third-order valence-corrected chi connectivity index (χ3v) is 3.10. The Balaban J connectivity index is 2.26. The molecule has 0 radical (unpaired) electrons. The van der Waals surface area contributed by atoms with Gasteiger partial charge in [0.1, 0.15) is 5.69 Å². The molecule has 0 bridgehead atoms. The number of nitro groups is 1. The van der Waals surface area contributed by atoms with Crippen molar-refractivity contribution in [3.63, 3.8) is 0 Å². The second kappa shape index (κ2) is 6.88. The van der Waals surface area contributed by atoms with Crippen molar-refractivity contribution in [1.82, 2.24) is 0 Å². The van der Waals surface area contributed by atoms with Gasteiger partial charge in [-0.2, -0.15) is 13.5 Å². The Morgan fingerprint density at radius 3 is 2.52 bits per heavy atom. The first-order chi connectivity index (χ1) is 10.8. The van der Waals surface area contributed by atoms with Gasteiger partial charge in [-0.05, 0) is 11.6 Å². The summed E-state index contributed by atoms with van der Waals surface area (Å²) in [4.78, 5) is 10.1. The molecule has 9 heteroatoms. The van der Waals surface area contributed by atoms with E-state index in [0.29, 0.717) is 0 Å². The maximum atomic E-state index is 11.3. The summed E-state index contributed by atoms with van der Waals surface area (Å²) >= 11 is 0. The van der Waals surface area contributed by atoms with E-state index in [2.05, 4.69) is 10.5 Å². The highest BCUT2D eigenvalue weighted by Crippen LogP contribution is 2.30. The van der Waals surface area contributed by atoms with Crippen LogP contribution in [0.2, 0.25) is 0 Å². The monoisotopic (exact) mass is 335 g/mol. The maximum Gasteiger partial charge on any atom is 0.306 e. The summed E-state index contributed by atoms with van der Waals surface area (Å²) in [5.74, 6) is -0.202. The highest BCUT2D eigenvalue weighted by Gasteiger charge is 2.15. The van der Waals surface area contributed by atoms with Crippen LogP contribution in [-0.2, 0) is 10.1 Å². The van der Waals surface area contributed by atoms with Crippen molar-refractivity contribution < 1.29 is 17.5 Å². The minimum atomic E-state index is -3.83. The molecule has 0 aromatic heterocycles. The van der Waals surface area contributed by atoms with Crippen molar-refractivity contribution in [3.8, 4) is 5.75 Å². The quantitative estimate of drug-likeness (QED) is 0.375. The van der Waals surface area contributed by atoms with Crippen molar-refractivity contribution >= 4 is 27.7 Å². The molecular weight excluding hydrogens is 322 g/mol. The van der Waals surface area contributed by atoms with Crippen LogP contribution in [0.3, 0.4) is 0 Å². The predicted octanol–water partition coefficient (Wildman–Crippen LogP) is 2.38. The van der Waals surface area contributed by atoms with Crippen LogP contribution in [0.4, 0.5) is 11.4 Å². The lowest BCUT2D eigenvalue weighted by Gasteiger charge is -2.08. The molecule has 0 amide bonds. The Morgan fingerprint density at radius 1 is 1.22 bits per heavy atom. The average Bonchev–Trinajstić information content (AvgIpc) is 2.48. The van der Waals surface area contributed by atoms with Gasteiger partial charge >= 0.3 is 10.1 Å². The first-order valence-corrected chi connectivity index (χ1v) is 8.19. The molecule has 0 aliphatic heterocycles. The molecule has 2 aromatic rings. The summed E-state index contributed by atoms with van der Waals surface area (Å²) in [5, 5.41) is 14.7. The Morgan fingerprint density at radius 2 is 1.91 bits per heavy atom. The number of rotatable bonds is 6. The maximum absolute atomic E-state index is 11.3. The van der Waals surface area contributed by atoms with Gasteiger partial charge in [0.25, 0.3) is 5.69 Å². The van der Waals surface area contributed by atoms with E-state index in [0.717, 1.165) is 17.9 Å². The molecule has 0 saturated heterocycles. The van der Waals surface area contributed by atoms with Gasteiger partial charge in [-0.15, -0.1) is 0 Å². The van der Waals surface area contributed by atoms with Crippen molar-refractivity contribution in [3.05, 3.63) is 64.2 Å². The van der Waals surface area contributed by atoms with Crippen LogP contribution in [0.15, 0.2) is 53.6 Å². The summed E-state index contributed by atoms with van der Waals surface area (Å²) in [6.45, 7) is 0. The van der Waals surface area contributed by atoms with Crippen LogP contribution in [-0.4, -0.2) is 25.8 Å². The largest absolute Gasteiger partial charge is 0.380 e. The summed E-state index contributed by atoms with van der Waals surface area (Å²) in [6, 6.07) is 12.7. The topological polar surface area (TPSA) is 111 Å². The average molecular weight is 335 g/mol. The van der Waals surface area contributed by atoms with E-state index in [4.69, 9.17) is 4.18 Å². The fraction of sp³-hybridized carbons (Fsp3) is 0.0714. The summed E-state index contributed by atoms with van der Waals surface area (Å²) in [7, 11) is -3.83. The molecule has 23 heavy (non-hydrogen) atoms. The van der Waals surface area contributed by atoms with E-state index < -0.39 is 15.0 Å². The van der Waals surface area contributed by atoms with Crippen LogP contribution in [0, 0.1) is 10.1 Å². The second-order valence-corrected chi connectivity index (χ2v) is 6.08. The van der Waals surface area contributed by atoms with E-state index in [-0.39, 0.29) is 17.1 Å². The fourth-order valence-corrected chi connectivity index (χ4v) is 2.13. The van der Waals surface area contributed by atoms with E-state index in [1.807, 2.05) is 30.3 Å². The minimum Gasteiger partial charge on any atom is -0.380 e. The molecule has 0 aliphatic rings. The molecule has 0 spiro atoms. The highest BCUT2D eigenvalue weighted by molar-refractivity contribution is 7.86. The lowest BCUT2D eigenvalue weighted by molar-refractivity contribution is -0.384. The van der Waals surface area contributed by atoms with Crippen LogP contribution in [0.25, 0.3) is 0 Å². The summed E-state index contributed by atoms with van der Waals surface area (Å²) in [6.07, 6.45) is 2.37. The van der Waals surface area contributed by atoms with Crippen LogP contribution >= 0.6 is 0 Å². The smallest absolute Gasteiger partial charge is 0.306 e. The molecule has 120 valence electrons. The normalized spacial score (nSPS) is 11.3. The summed E-state index contributed by atoms with van der Waals surface area (Å²) in [5.41, 5.74) is 3.33. The summed E-state index contributed by atoms with van der Waals surface area (Å²) < 4.78 is 27.3. The second-order valence-electron chi connectivity index (χ2n) is 4.51. The Kier molecular flexibility index (Phi) is 4.91. The molecule has 2 aromatic carbocycles. The van der Waals surface area contributed by atoms with Crippen LogP contribution < -0.4 is 9.61 Å². The van der Waals surface area contributed by atoms with Crippen molar-refractivity contribution in [2.75, 3.05) is 11.7 Å². The van der Waals surface area contributed by atoms with Crippen LogP contribution in [0.5, 0.6) is 5.75 Å². The molecule has 0 atom stereocenters. The first kappa shape index (κ1) is 16.4. The SMILES string of the molecule is CS(=O)(=O)Oc1cc([N+](=O)[O-])ccc1N/N=C/c1ccccc1. The molecule has 8 nitrogen and oxygen atoms in total. The zero-order valence-electron chi connectivity index (χ0n) is 12.0. The zero-order valence-corrected chi connectivity index (χ0v) is 12.9. The molecule has 0 fully saturated rings. The molecule has 0 saturated carbocycles. The number of hydrazone groups is 1. The van der Waals surface area contributed by atoms with E-state index in [1.54, 1.807) is 0 Å². The zero-order chi connectivity index (χ0) is 16.9. The number of nitro benzene ring substituents is 1. The number of anilines is 1. The fourth-order valence-electron chi connectivity index (χ4n) is 1.66. The Bertz CT molecular complexity index is 835. The lowest BCUT2D eigenvalue weighted by atomic mass is 10.2. The van der Waals surface area contributed by atoms with E-state index in [1.165, 1.54) is 18.3 Å². The molecular formula is C14H13N3O5S. The number of non-ortho nitro benzene ring substituents is 1. The van der Waals surface area contributed by atoms with Gasteiger partial charge in [0.05, 0.1) is 23.5 Å². The molecule has 1 N–H and O–H groups in total. The highest BCUT2D eigenvalue weighted by atomic mass is 32.2. The molecule has 0 heterocycles.